The molecule has 0 aliphatic carbocycles. The number of non-ortho nitro benzene ring substituents is 1. The third-order valence-electron chi connectivity index (χ3n) is 3.17. The first-order valence-corrected chi connectivity index (χ1v) is 7.67. The molecule has 0 bridgehead atoms. The van der Waals surface area contributed by atoms with Crippen molar-refractivity contribution in [1.82, 2.24) is 0 Å². The number of methoxy groups -OCH3 is 1. The summed E-state index contributed by atoms with van der Waals surface area (Å²) in [6, 6.07) is 9.67. The van der Waals surface area contributed by atoms with Crippen molar-refractivity contribution in [3.8, 4) is 11.5 Å². The molecule has 0 saturated carbocycles. The first-order chi connectivity index (χ1) is 13.0. The number of amides is 1. The van der Waals surface area contributed by atoms with Gasteiger partial charge in [0.25, 0.3) is 11.6 Å². The van der Waals surface area contributed by atoms with E-state index in [0.717, 1.165) is 6.21 Å². The maximum Gasteiger partial charge on any atom is 0.273 e. The molecule has 0 radical (unpaired) electrons. The molecule has 10 heteroatoms. The second kappa shape index (κ2) is 9.70. The van der Waals surface area contributed by atoms with E-state index in [4.69, 9.17) is 14.3 Å². The number of halogens is 1. The number of anilines is 1. The van der Waals surface area contributed by atoms with E-state index in [1.807, 2.05) is 0 Å². The summed E-state index contributed by atoms with van der Waals surface area (Å²) in [6.45, 7) is 0.0367. The van der Waals surface area contributed by atoms with E-state index >= 15 is 0 Å². The Morgan fingerprint density at radius 2 is 2.04 bits per heavy atom. The lowest BCUT2D eigenvalue weighted by Crippen LogP contribution is -2.14. The molecule has 2 rings (SSSR count). The van der Waals surface area contributed by atoms with E-state index in [1.165, 1.54) is 37.4 Å². The third kappa shape index (κ3) is 5.96. The van der Waals surface area contributed by atoms with Crippen LogP contribution in [0.4, 0.5) is 15.8 Å². The van der Waals surface area contributed by atoms with Crippen LogP contribution < -0.4 is 14.8 Å². The van der Waals surface area contributed by atoms with Crippen molar-refractivity contribution in [2.24, 2.45) is 5.16 Å². The van der Waals surface area contributed by atoms with Crippen LogP contribution in [-0.4, -0.2) is 37.4 Å². The minimum absolute atomic E-state index is 0.00102. The summed E-state index contributed by atoms with van der Waals surface area (Å²) in [4.78, 5) is 26.8. The van der Waals surface area contributed by atoms with Crippen molar-refractivity contribution < 1.29 is 28.4 Å². The standard InChI is InChI=1S/C17H16FN3O6/c1-25-16-10-12(21(23)24)6-7-14(16)20-17(22)11-19-27-9-8-26-15-5-3-2-4-13(15)18/h2-7,10-11H,8-9H2,1H3,(H,20,22)/b19-11-. The molecule has 0 aliphatic rings. The Balaban J connectivity index is 1.78. The largest absolute Gasteiger partial charge is 0.494 e. The molecule has 2 aromatic carbocycles. The Morgan fingerprint density at radius 1 is 1.26 bits per heavy atom. The molecular weight excluding hydrogens is 361 g/mol. The second-order valence-electron chi connectivity index (χ2n) is 4.98. The van der Waals surface area contributed by atoms with Crippen molar-refractivity contribution >= 4 is 23.5 Å². The van der Waals surface area contributed by atoms with Gasteiger partial charge in [0.05, 0.1) is 23.8 Å². The predicted octanol–water partition coefficient (Wildman–Crippen LogP) is 2.76. The quantitative estimate of drug-likeness (QED) is 0.311. The maximum absolute atomic E-state index is 13.3. The van der Waals surface area contributed by atoms with Gasteiger partial charge in [-0.1, -0.05) is 17.3 Å². The number of hydrogen-bond donors (Lipinski definition) is 1. The van der Waals surface area contributed by atoms with E-state index in [9.17, 15) is 19.3 Å². The molecular formula is C17H16FN3O6. The average Bonchev–Trinajstić information content (AvgIpc) is 2.66. The zero-order chi connectivity index (χ0) is 19.6. The fourth-order valence-corrected chi connectivity index (χ4v) is 1.95. The highest BCUT2D eigenvalue weighted by atomic mass is 19.1. The lowest BCUT2D eigenvalue weighted by Gasteiger charge is -2.08. The number of carbonyl (C=O) groups is 1. The first kappa shape index (κ1) is 19.6. The summed E-state index contributed by atoms with van der Waals surface area (Å²) in [5, 5.41) is 16.7. The van der Waals surface area contributed by atoms with Crippen LogP contribution in [0.2, 0.25) is 0 Å². The zero-order valence-corrected chi connectivity index (χ0v) is 14.3. The highest BCUT2D eigenvalue weighted by Crippen LogP contribution is 2.28. The lowest BCUT2D eigenvalue weighted by atomic mass is 10.2. The Morgan fingerprint density at radius 3 is 2.74 bits per heavy atom. The number of hydrogen-bond acceptors (Lipinski definition) is 7. The fourth-order valence-electron chi connectivity index (χ4n) is 1.95. The number of rotatable bonds is 9. The molecule has 9 nitrogen and oxygen atoms in total. The van der Waals surface area contributed by atoms with Gasteiger partial charge in [0.2, 0.25) is 0 Å². The Bertz CT molecular complexity index is 843. The Hall–Kier alpha value is -3.69. The van der Waals surface area contributed by atoms with Crippen LogP contribution in [0.1, 0.15) is 0 Å². The van der Waals surface area contributed by atoms with Crippen LogP contribution >= 0.6 is 0 Å². The van der Waals surface area contributed by atoms with E-state index in [1.54, 1.807) is 12.1 Å². The van der Waals surface area contributed by atoms with Crippen LogP contribution in [0.3, 0.4) is 0 Å². The maximum atomic E-state index is 13.3. The van der Waals surface area contributed by atoms with Crippen LogP contribution in [0.25, 0.3) is 0 Å². The molecule has 27 heavy (non-hydrogen) atoms. The normalized spacial score (nSPS) is 10.4. The van der Waals surface area contributed by atoms with Crippen LogP contribution in [0.5, 0.6) is 11.5 Å². The van der Waals surface area contributed by atoms with Crippen molar-refractivity contribution in [3.05, 3.63) is 58.4 Å². The number of ether oxygens (including phenoxy) is 2. The zero-order valence-electron chi connectivity index (χ0n) is 14.3. The highest BCUT2D eigenvalue weighted by Gasteiger charge is 2.12. The van der Waals surface area contributed by atoms with E-state index in [0.29, 0.717) is 0 Å². The van der Waals surface area contributed by atoms with Gasteiger partial charge in [-0.2, -0.15) is 0 Å². The van der Waals surface area contributed by atoms with Crippen LogP contribution in [0.15, 0.2) is 47.6 Å². The summed E-state index contributed by atoms with van der Waals surface area (Å²) in [6.07, 6.45) is 0.879. The smallest absolute Gasteiger partial charge is 0.273 e. The molecule has 0 aromatic heterocycles. The lowest BCUT2D eigenvalue weighted by molar-refractivity contribution is -0.384. The number of benzene rings is 2. The molecule has 0 heterocycles. The average molecular weight is 377 g/mol. The summed E-state index contributed by atoms with van der Waals surface area (Å²) < 4.78 is 23.5. The highest BCUT2D eigenvalue weighted by molar-refractivity contribution is 6.31. The Kier molecular flexibility index (Phi) is 7.06. The molecule has 0 spiro atoms. The third-order valence-corrected chi connectivity index (χ3v) is 3.17. The molecule has 1 N–H and O–H groups in total. The second-order valence-corrected chi connectivity index (χ2v) is 4.98. The van der Waals surface area contributed by atoms with Crippen molar-refractivity contribution in [3.63, 3.8) is 0 Å². The van der Waals surface area contributed by atoms with Gasteiger partial charge in [0.1, 0.15) is 18.6 Å². The molecule has 0 saturated heterocycles. The monoisotopic (exact) mass is 377 g/mol. The summed E-state index contributed by atoms with van der Waals surface area (Å²) in [5.41, 5.74) is 0.0686. The first-order valence-electron chi connectivity index (χ1n) is 7.67. The number of para-hydroxylation sites is 1. The van der Waals surface area contributed by atoms with Gasteiger partial charge in [-0.25, -0.2) is 4.39 Å². The topological polar surface area (TPSA) is 112 Å². The molecule has 142 valence electrons. The van der Waals surface area contributed by atoms with Crippen LogP contribution in [0, 0.1) is 15.9 Å². The molecule has 1 amide bonds. The van der Waals surface area contributed by atoms with E-state index < -0.39 is 16.6 Å². The molecule has 2 aromatic rings. The number of nitro groups is 1. The van der Waals surface area contributed by atoms with Crippen molar-refractivity contribution in [1.29, 1.82) is 0 Å². The molecule has 0 aliphatic heterocycles. The number of nitro benzene ring substituents is 1. The summed E-state index contributed by atoms with van der Waals surface area (Å²) in [7, 11) is 1.32. The van der Waals surface area contributed by atoms with Crippen LogP contribution in [-0.2, 0) is 9.63 Å². The summed E-state index contributed by atoms with van der Waals surface area (Å²) >= 11 is 0. The van der Waals surface area contributed by atoms with Crippen molar-refractivity contribution in [2.45, 2.75) is 0 Å². The van der Waals surface area contributed by atoms with Gasteiger partial charge in [-0.3, -0.25) is 14.9 Å². The number of oxime groups is 1. The van der Waals surface area contributed by atoms with Gasteiger partial charge in [-0.15, -0.1) is 0 Å². The molecule has 0 fully saturated rings. The minimum Gasteiger partial charge on any atom is -0.494 e. The van der Waals surface area contributed by atoms with E-state index in [2.05, 4.69) is 10.5 Å². The number of nitrogens with one attached hydrogen (secondary N) is 1. The number of carbonyl (C=O) groups excluding carboxylic acids is 1. The van der Waals surface area contributed by atoms with Crippen molar-refractivity contribution in [2.75, 3.05) is 25.6 Å². The number of nitrogens with zero attached hydrogens (tertiary/aromatic N) is 2. The van der Waals surface area contributed by atoms with Gasteiger partial charge >= 0.3 is 0 Å². The summed E-state index contributed by atoms with van der Waals surface area (Å²) in [5.74, 6) is -0.896. The van der Waals surface area contributed by atoms with Gasteiger partial charge < -0.3 is 19.6 Å². The molecule has 0 unspecified atom stereocenters. The Labute approximate surface area is 153 Å². The SMILES string of the molecule is COc1cc([N+](=O)[O-])ccc1NC(=O)/C=N\OCCOc1ccccc1F. The predicted molar refractivity (Wildman–Crippen MR) is 94.6 cm³/mol. The van der Waals surface area contributed by atoms with E-state index in [-0.39, 0.29) is 36.1 Å². The molecule has 0 atom stereocenters. The van der Waals surface area contributed by atoms with Gasteiger partial charge in [0, 0.05) is 6.07 Å². The van der Waals surface area contributed by atoms with Gasteiger partial charge in [-0.05, 0) is 18.2 Å². The fraction of sp³-hybridized carbons (Fsp3) is 0.176. The van der Waals surface area contributed by atoms with Gasteiger partial charge in [0.15, 0.2) is 18.2 Å². The minimum atomic E-state index is -0.628.